The molecule has 1 fully saturated rings. The van der Waals surface area contributed by atoms with Gasteiger partial charge in [-0.15, -0.1) is 0 Å². The molecular formula is C17H32N2O2. The summed E-state index contributed by atoms with van der Waals surface area (Å²) in [5, 5.41) is 2.87. The Morgan fingerprint density at radius 3 is 2.24 bits per heavy atom. The van der Waals surface area contributed by atoms with E-state index in [0.29, 0.717) is 6.54 Å². The van der Waals surface area contributed by atoms with Crippen molar-refractivity contribution in [2.45, 2.75) is 84.7 Å². The van der Waals surface area contributed by atoms with Gasteiger partial charge >= 0.3 is 0 Å². The minimum absolute atomic E-state index is 0.0354. The number of rotatable bonds is 8. The number of piperazine rings is 1. The van der Waals surface area contributed by atoms with Crippen LogP contribution in [0.4, 0.5) is 0 Å². The number of nitrogens with zero attached hydrogens (tertiary/aromatic N) is 1. The molecular weight excluding hydrogens is 264 g/mol. The van der Waals surface area contributed by atoms with Gasteiger partial charge in [0.05, 0.1) is 0 Å². The molecule has 1 aliphatic rings. The summed E-state index contributed by atoms with van der Waals surface area (Å²) in [7, 11) is 0. The third-order valence-corrected chi connectivity index (χ3v) is 4.45. The molecule has 0 spiro atoms. The molecule has 0 aromatic rings. The number of amides is 2. The Balaban J connectivity index is 2.58. The van der Waals surface area contributed by atoms with Crippen LogP contribution >= 0.6 is 0 Å². The summed E-state index contributed by atoms with van der Waals surface area (Å²) in [5.74, 6) is 0.166. The number of hydrogen-bond donors (Lipinski definition) is 1. The molecule has 1 N–H and O–H groups in total. The third-order valence-electron chi connectivity index (χ3n) is 4.45. The van der Waals surface area contributed by atoms with Crippen molar-refractivity contribution in [3.05, 3.63) is 0 Å². The second kappa shape index (κ2) is 7.81. The largest absolute Gasteiger partial charge is 0.342 e. The SMILES string of the molecule is CCCCCCCCN1C(=O)C(C(C)C)NC(=O)C1(C)C. The normalized spacial score (nSPS) is 21.8. The van der Waals surface area contributed by atoms with E-state index >= 15 is 0 Å². The summed E-state index contributed by atoms with van der Waals surface area (Å²) >= 11 is 0. The second-order valence-electron chi connectivity index (χ2n) is 7.01. The maximum Gasteiger partial charge on any atom is 0.246 e. The van der Waals surface area contributed by atoms with Crippen molar-refractivity contribution in [1.29, 1.82) is 0 Å². The molecule has 1 unspecified atom stereocenters. The Morgan fingerprint density at radius 2 is 1.67 bits per heavy atom. The average molecular weight is 296 g/mol. The molecule has 1 atom stereocenters. The minimum Gasteiger partial charge on any atom is -0.342 e. The van der Waals surface area contributed by atoms with Gasteiger partial charge in [0.25, 0.3) is 0 Å². The lowest BCUT2D eigenvalue weighted by Gasteiger charge is -2.45. The molecule has 1 heterocycles. The molecule has 0 aromatic carbocycles. The molecule has 4 heteroatoms. The molecule has 4 nitrogen and oxygen atoms in total. The summed E-state index contributed by atoms with van der Waals surface area (Å²) < 4.78 is 0. The molecule has 1 aliphatic heterocycles. The van der Waals surface area contributed by atoms with Crippen LogP contribution in [0.3, 0.4) is 0 Å². The fourth-order valence-electron chi connectivity index (χ4n) is 2.84. The molecule has 0 radical (unpaired) electrons. The lowest BCUT2D eigenvalue weighted by molar-refractivity contribution is -0.156. The molecule has 122 valence electrons. The Kier molecular flexibility index (Phi) is 6.69. The second-order valence-corrected chi connectivity index (χ2v) is 7.01. The Labute approximate surface area is 129 Å². The monoisotopic (exact) mass is 296 g/mol. The maximum absolute atomic E-state index is 12.6. The highest BCUT2D eigenvalue weighted by Gasteiger charge is 2.46. The maximum atomic E-state index is 12.6. The highest BCUT2D eigenvalue weighted by Crippen LogP contribution is 2.24. The molecule has 1 rings (SSSR count). The van der Waals surface area contributed by atoms with E-state index in [2.05, 4.69) is 12.2 Å². The quantitative estimate of drug-likeness (QED) is 0.700. The molecule has 0 bridgehead atoms. The highest BCUT2D eigenvalue weighted by atomic mass is 16.2. The van der Waals surface area contributed by atoms with Gasteiger partial charge in [0.2, 0.25) is 11.8 Å². The molecule has 2 amide bonds. The lowest BCUT2D eigenvalue weighted by atomic mass is 9.91. The number of carbonyl (C=O) groups excluding carboxylic acids is 2. The van der Waals surface area contributed by atoms with Gasteiger partial charge in [0.1, 0.15) is 11.6 Å². The summed E-state index contributed by atoms with van der Waals surface area (Å²) in [4.78, 5) is 26.6. The Hall–Kier alpha value is -1.06. The van der Waals surface area contributed by atoms with Crippen LogP contribution in [0.1, 0.15) is 73.1 Å². The average Bonchev–Trinajstić information content (AvgIpc) is 2.41. The fraction of sp³-hybridized carbons (Fsp3) is 0.882. The number of hydrogen-bond acceptors (Lipinski definition) is 2. The zero-order valence-electron chi connectivity index (χ0n) is 14.4. The van der Waals surface area contributed by atoms with Crippen LogP contribution in [0.5, 0.6) is 0 Å². The topological polar surface area (TPSA) is 49.4 Å². The van der Waals surface area contributed by atoms with Crippen molar-refractivity contribution in [3.8, 4) is 0 Å². The van der Waals surface area contributed by atoms with E-state index in [1.807, 2.05) is 27.7 Å². The smallest absolute Gasteiger partial charge is 0.246 e. The van der Waals surface area contributed by atoms with Crippen molar-refractivity contribution in [2.75, 3.05) is 6.54 Å². The van der Waals surface area contributed by atoms with Crippen LogP contribution in [-0.4, -0.2) is 34.8 Å². The van der Waals surface area contributed by atoms with Gasteiger partial charge in [-0.2, -0.15) is 0 Å². The Bertz CT molecular complexity index is 364. The van der Waals surface area contributed by atoms with E-state index in [9.17, 15) is 9.59 Å². The van der Waals surface area contributed by atoms with Gasteiger partial charge in [-0.25, -0.2) is 0 Å². The van der Waals surface area contributed by atoms with E-state index in [1.165, 1.54) is 25.7 Å². The number of carbonyl (C=O) groups is 2. The van der Waals surface area contributed by atoms with Crippen molar-refractivity contribution < 1.29 is 9.59 Å². The van der Waals surface area contributed by atoms with Gasteiger partial charge in [0, 0.05) is 6.54 Å². The van der Waals surface area contributed by atoms with E-state index in [-0.39, 0.29) is 23.8 Å². The van der Waals surface area contributed by atoms with Gasteiger partial charge < -0.3 is 10.2 Å². The first kappa shape index (κ1) is 18.0. The Morgan fingerprint density at radius 1 is 1.10 bits per heavy atom. The predicted octanol–water partition coefficient (Wildman–Crippen LogP) is 3.11. The molecule has 0 aromatic heterocycles. The first-order chi connectivity index (χ1) is 9.82. The highest BCUT2D eigenvalue weighted by molar-refractivity contribution is 5.99. The van der Waals surface area contributed by atoms with E-state index in [0.717, 1.165) is 12.8 Å². The lowest BCUT2D eigenvalue weighted by Crippen LogP contribution is -2.69. The standard InChI is InChI=1S/C17H32N2O2/c1-6-7-8-9-10-11-12-19-15(20)14(13(2)3)18-16(21)17(19,4)5/h13-14H,6-12H2,1-5H3,(H,18,21). The fourth-order valence-corrected chi connectivity index (χ4v) is 2.84. The third kappa shape index (κ3) is 4.45. The van der Waals surface area contributed by atoms with E-state index in [1.54, 1.807) is 4.90 Å². The van der Waals surface area contributed by atoms with Gasteiger partial charge in [-0.3, -0.25) is 9.59 Å². The zero-order chi connectivity index (χ0) is 16.0. The van der Waals surface area contributed by atoms with E-state index in [4.69, 9.17) is 0 Å². The van der Waals surface area contributed by atoms with Crippen molar-refractivity contribution in [3.63, 3.8) is 0 Å². The van der Waals surface area contributed by atoms with Gasteiger partial charge in [0.15, 0.2) is 0 Å². The van der Waals surface area contributed by atoms with Crippen LogP contribution in [0.2, 0.25) is 0 Å². The van der Waals surface area contributed by atoms with Crippen molar-refractivity contribution >= 4 is 11.8 Å². The first-order valence-electron chi connectivity index (χ1n) is 8.44. The van der Waals surface area contributed by atoms with Crippen LogP contribution in [0.15, 0.2) is 0 Å². The van der Waals surface area contributed by atoms with Crippen molar-refractivity contribution in [1.82, 2.24) is 10.2 Å². The zero-order valence-corrected chi connectivity index (χ0v) is 14.4. The predicted molar refractivity (Wildman–Crippen MR) is 85.9 cm³/mol. The molecule has 0 aliphatic carbocycles. The minimum atomic E-state index is -0.730. The van der Waals surface area contributed by atoms with Crippen molar-refractivity contribution in [2.24, 2.45) is 5.92 Å². The van der Waals surface area contributed by atoms with Gasteiger partial charge in [-0.1, -0.05) is 52.9 Å². The van der Waals surface area contributed by atoms with Crippen LogP contribution < -0.4 is 5.32 Å². The summed E-state index contributed by atoms with van der Waals surface area (Å²) in [6, 6.07) is -0.370. The number of unbranched alkanes of at least 4 members (excludes halogenated alkanes) is 5. The molecule has 21 heavy (non-hydrogen) atoms. The van der Waals surface area contributed by atoms with Crippen LogP contribution in [-0.2, 0) is 9.59 Å². The summed E-state index contributed by atoms with van der Waals surface area (Å²) in [5.41, 5.74) is -0.730. The molecule has 0 saturated carbocycles. The molecule has 1 saturated heterocycles. The van der Waals surface area contributed by atoms with E-state index < -0.39 is 5.54 Å². The van der Waals surface area contributed by atoms with Crippen LogP contribution in [0.25, 0.3) is 0 Å². The van der Waals surface area contributed by atoms with Crippen LogP contribution in [0, 0.1) is 5.92 Å². The van der Waals surface area contributed by atoms with Gasteiger partial charge in [-0.05, 0) is 26.2 Å². The number of nitrogens with one attached hydrogen (secondary N) is 1. The first-order valence-corrected chi connectivity index (χ1v) is 8.44. The summed E-state index contributed by atoms with van der Waals surface area (Å²) in [6.45, 7) is 10.5. The summed E-state index contributed by atoms with van der Waals surface area (Å²) in [6.07, 6.45) is 7.13.